The number of nitrogens with zero attached hydrogens (tertiary/aromatic N) is 2. The number of amides is 3. The zero-order valence-corrected chi connectivity index (χ0v) is 15.2. The van der Waals surface area contributed by atoms with Crippen molar-refractivity contribution in [2.45, 2.75) is 33.1 Å². The third kappa shape index (κ3) is 5.31. The van der Waals surface area contributed by atoms with Gasteiger partial charge in [-0.25, -0.2) is 0 Å². The Bertz CT molecular complexity index is 627. The molecule has 0 saturated carbocycles. The van der Waals surface area contributed by atoms with Gasteiger partial charge in [0.05, 0.1) is 12.5 Å². The SMILES string of the molecule is CCC(=O)N1CCCC(C(=O)N(C)CC(=O)Nc2ccc(C)cc2)C1. The van der Waals surface area contributed by atoms with E-state index in [1.165, 1.54) is 4.90 Å². The normalized spacial score (nSPS) is 17.1. The van der Waals surface area contributed by atoms with E-state index in [1.54, 1.807) is 11.9 Å². The number of anilines is 1. The van der Waals surface area contributed by atoms with Crippen LogP contribution in [0.3, 0.4) is 0 Å². The Kier molecular flexibility index (Phi) is 6.56. The molecular formula is C19H27N3O3. The highest BCUT2D eigenvalue weighted by atomic mass is 16.2. The summed E-state index contributed by atoms with van der Waals surface area (Å²) in [4.78, 5) is 39.8. The van der Waals surface area contributed by atoms with Crippen molar-refractivity contribution in [3.8, 4) is 0 Å². The fourth-order valence-corrected chi connectivity index (χ4v) is 3.07. The number of carbonyl (C=O) groups excluding carboxylic acids is 3. The lowest BCUT2D eigenvalue weighted by molar-refractivity contribution is -0.141. The fraction of sp³-hybridized carbons (Fsp3) is 0.526. The smallest absolute Gasteiger partial charge is 0.243 e. The number of rotatable bonds is 5. The zero-order chi connectivity index (χ0) is 18.4. The predicted octanol–water partition coefficient (Wildman–Crippen LogP) is 2.04. The lowest BCUT2D eigenvalue weighted by Crippen LogP contribution is -2.47. The Hall–Kier alpha value is -2.37. The maximum absolute atomic E-state index is 12.6. The van der Waals surface area contributed by atoms with Gasteiger partial charge in [-0.1, -0.05) is 24.6 Å². The van der Waals surface area contributed by atoms with E-state index in [2.05, 4.69) is 5.32 Å². The van der Waals surface area contributed by atoms with Crippen LogP contribution in [-0.4, -0.2) is 54.2 Å². The predicted molar refractivity (Wildman–Crippen MR) is 97.0 cm³/mol. The molecule has 1 heterocycles. The number of benzene rings is 1. The molecule has 0 aromatic heterocycles. The number of hydrogen-bond acceptors (Lipinski definition) is 3. The third-order valence-corrected chi connectivity index (χ3v) is 4.52. The highest BCUT2D eigenvalue weighted by Crippen LogP contribution is 2.19. The minimum absolute atomic E-state index is 0.00489. The molecule has 1 N–H and O–H groups in total. The summed E-state index contributed by atoms with van der Waals surface area (Å²) in [6.45, 7) is 4.98. The molecule has 6 heteroatoms. The molecule has 0 aliphatic carbocycles. The monoisotopic (exact) mass is 345 g/mol. The number of piperidine rings is 1. The molecule has 1 saturated heterocycles. The number of aryl methyl sites for hydroxylation is 1. The first-order valence-corrected chi connectivity index (χ1v) is 8.80. The Morgan fingerprint density at radius 2 is 1.92 bits per heavy atom. The van der Waals surface area contributed by atoms with Crippen molar-refractivity contribution in [1.29, 1.82) is 0 Å². The molecule has 1 fully saturated rings. The molecule has 0 bridgehead atoms. The second kappa shape index (κ2) is 8.65. The average Bonchev–Trinajstić information content (AvgIpc) is 2.62. The first-order chi connectivity index (χ1) is 11.9. The van der Waals surface area contributed by atoms with Crippen molar-refractivity contribution in [3.63, 3.8) is 0 Å². The zero-order valence-electron chi connectivity index (χ0n) is 15.2. The maximum atomic E-state index is 12.6. The van der Waals surface area contributed by atoms with Crippen molar-refractivity contribution in [2.24, 2.45) is 5.92 Å². The van der Waals surface area contributed by atoms with Gasteiger partial charge in [0.25, 0.3) is 0 Å². The minimum Gasteiger partial charge on any atom is -0.342 e. The minimum atomic E-state index is -0.225. The molecule has 0 spiro atoms. The highest BCUT2D eigenvalue weighted by molar-refractivity contribution is 5.94. The molecule has 1 aromatic rings. The molecule has 0 radical (unpaired) electrons. The number of likely N-dealkylation sites (N-methyl/N-ethyl adjacent to an activating group) is 1. The van der Waals surface area contributed by atoms with Crippen LogP contribution in [0.5, 0.6) is 0 Å². The Morgan fingerprint density at radius 1 is 1.24 bits per heavy atom. The second-order valence-electron chi connectivity index (χ2n) is 6.64. The molecule has 1 unspecified atom stereocenters. The van der Waals surface area contributed by atoms with Crippen molar-refractivity contribution < 1.29 is 14.4 Å². The van der Waals surface area contributed by atoms with Gasteiger partial charge in [-0.2, -0.15) is 0 Å². The average molecular weight is 345 g/mol. The first-order valence-electron chi connectivity index (χ1n) is 8.80. The van der Waals surface area contributed by atoms with Crippen molar-refractivity contribution in [3.05, 3.63) is 29.8 Å². The summed E-state index contributed by atoms with van der Waals surface area (Å²) < 4.78 is 0. The Balaban J connectivity index is 1.87. The van der Waals surface area contributed by atoms with Crippen LogP contribution in [0.25, 0.3) is 0 Å². The second-order valence-corrected chi connectivity index (χ2v) is 6.64. The van der Waals surface area contributed by atoms with Gasteiger partial charge in [-0.05, 0) is 31.9 Å². The summed E-state index contributed by atoms with van der Waals surface area (Å²) in [7, 11) is 1.64. The van der Waals surface area contributed by atoms with Crippen molar-refractivity contribution in [2.75, 3.05) is 32.0 Å². The van der Waals surface area contributed by atoms with Crippen molar-refractivity contribution in [1.82, 2.24) is 9.80 Å². The molecule has 1 atom stereocenters. The topological polar surface area (TPSA) is 69.7 Å². The Labute approximate surface area is 149 Å². The fourth-order valence-electron chi connectivity index (χ4n) is 3.07. The van der Waals surface area contributed by atoms with Crippen LogP contribution in [0.1, 0.15) is 31.7 Å². The van der Waals surface area contributed by atoms with Crippen LogP contribution in [0, 0.1) is 12.8 Å². The van der Waals surface area contributed by atoms with Gasteiger partial charge in [0.15, 0.2) is 0 Å². The molecule has 25 heavy (non-hydrogen) atoms. The molecular weight excluding hydrogens is 318 g/mol. The molecule has 1 aliphatic heterocycles. The van der Waals surface area contributed by atoms with Crippen LogP contribution < -0.4 is 5.32 Å². The number of hydrogen-bond donors (Lipinski definition) is 1. The van der Waals surface area contributed by atoms with E-state index in [4.69, 9.17) is 0 Å². The summed E-state index contributed by atoms with van der Waals surface area (Å²) in [6.07, 6.45) is 2.04. The van der Waals surface area contributed by atoms with Crippen LogP contribution >= 0.6 is 0 Å². The molecule has 6 nitrogen and oxygen atoms in total. The van der Waals surface area contributed by atoms with Crippen LogP contribution in [0.4, 0.5) is 5.69 Å². The standard InChI is InChI=1S/C19H27N3O3/c1-4-18(24)22-11-5-6-15(12-22)19(25)21(3)13-17(23)20-16-9-7-14(2)8-10-16/h7-10,15H,4-6,11-13H2,1-3H3,(H,20,23). The maximum Gasteiger partial charge on any atom is 0.243 e. The van der Waals surface area contributed by atoms with E-state index in [-0.39, 0.29) is 30.2 Å². The molecule has 1 aromatic carbocycles. The van der Waals surface area contributed by atoms with E-state index in [0.29, 0.717) is 25.2 Å². The van der Waals surface area contributed by atoms with Crippen molar-refractivity contribution >= 4 is 23.4 Å². The molecule has 3 amide bonds. The largest absolute Gasteiger partial charge is 0.342 e. The van der Waals surface area contributed by atoms with E-state index in [1.807, 2.05) is 38.1 Å². The van der Waals surface area contributed by atoms with E-state index < -0.39 is 0 Å². The van der Waals surface area contributed by atoms with Gasteiger partial charge < -0.3 is 15.1 Å². The highest BCUT2D eigenvalue weighted by Gasteiger charge is 2.30. The number of carbonyl (C=O) groups is 3. The number of likely N-dealkylation sites (tertiary alicyclic amines) is 1. The summed E-state index contributed by atoms with van der Waals surface area (Å²) >= 11 is 0. The molecule has 1 aliphatic rings. The van der Waals surface area contributed by atoms with Crippen LogP contribution in [-0.2, 0) is 14.4 Å². The lowest BCUT2D eigenvalue weighted by Gasteiger charge is -2.33. The summed E-state index contributed by atoms with van der Waals surface area (Å²) in [5, 5.41) is 2.80. The van der Waals surface area contributed by atoms with E-state index >= 15 is 0 Å². The van der Waals surface area contributed by atoms with Crippen LogP contribution in [0.15, 0.2) is 24.3 Å². The third-order valence-electron chi connectivity index (χ3n) is 4.52. The van der Waals surface area contributed by atoms with Gasteiger partial charge >= 0.3 is 0 Å². The first kappa shape index (κ1) is 19.0. The van der Waals surface area contributed by atoms with Gasteiger partial charge in [-0.15, -0.1) is 0 Å². The Morgan fingerprint density at radius 3 is 2.56 bits per heavy atom. The van der Waals surface area contributed by atoms with E-state index in [9.17, 15) is 14.4 Å². The van der Waals surface area contributed by atoms with Gasteiger partial charge in [0.1, 0.15) is 0 Å². The lowest BCUT2D eigenvalue weighted by atomic mass is 9.96. The summed E-state index contributed by atoms with van der Waals surface area (Å²) in [5.74, 6) is -0.441. The van der Waals surface area contributed by atoms with Crippen LogP contribution in [0.2, 0.25) is 0 Å². The van der Waals surface area contributed by atoms with Gasteiger partial charge in [-0.3, -0.25) is 14.4 Å². The summed E-state index contributed by atoms with van der Waals surface area (Å²) in [6, 6.07) is 7.52. The summed E-state index contributed by atoms with van der Waals surface area (Å²) in [5.41, 5.74) is 1.84. The van der Waals surface area contributed by atoms with E-state index in [0.717, 1.165) is 18.4 Å². The molecule has 136 valence electrons. The molecule has 2 rings (SSSR count). The number of nitrogens with one attached hydrogen (secondary N) is 1. The van der Waals surface area contributed by atoms with Gasteiger partial charge in [0, 0.05) is 32.2 Å². The van der Waals surface area contributed by atoms with Gasteiger partial charge in [0.2, 0.25) is 17.7 Å². The quantitative estimate of drug-likeness (QED) is 0.888.